The van der Waals surface area contributed by atoms with Gasteiger partial charge < -0.3 is 10.1 Å². The van der Waals surface area contributed by atoms with Crippen LogP contribution in [0, 0.1) is 0 Å². The zero-order chi connectivity index (χ0) is 16.1. The summed E-state index contributed by atoms with van der Waals surface area (Å²) in [5.74, 6) is -0.345. The molecule has 0 rings (SSSR count). The highest BCUT2D eigenvalue weighted by Crippen LogP contribution is 2.01. The van der Waals surface area contributed by atoms with Crippen molar-refractivity contribution in [3.63, 3.8) is 0 Å². The van der Waals surface area contributed by atoms with E-state index in [2.05, 4.69) is 21.9 Å². The molecule has 0 aliphatic carbocycles. The molecular weight excluding hydrogens is 272 g/mol. The molecule has 0 aliphatic heterocycles. The molecule has 0 bridgehead atoms. The van der Waals surface area contributed by atoms with Gasteiger partial charge in [0.25, 0.3) is 0 Å². The number of nitrogens with zero attached hydrogens (tertiary/aromatic N) is 1. The molecule has 6 nitrogen and oxygen atoms in total. The molecule has 0 saturated heterocycles. The largest absolute Gasteiger partial charge is 0.462 e. The van der Waals surface area contributed by atoms with Gasteiger partial charge in [-0.2, -0.15) is 0 Å². The topological polar surface area (TPSA) is 77.0 Å². The number of hydrogen-bond acceptors (Lipinski definition) is 5. The highest BCUT2D eigenvalue weighted by molar-refractivity contribution is 5.86. The van der Waals surface area contributed by atoms with Gasteiger partial charge in [-0.05, 0) is 39.5 Å². The predicted octanol–water partition coefficient (Wildman–Crippen LogP) is 3.18. The van der Waals surface area contributed by atoms with Gasteiger partial charge in [0.15, 0.2) is 0 Å². The number of carbonyl (C=O) groups is 2. The standard InChI is InChI=1S/C15H26N2O4/c1-5-13(4)17-21-15(19)16-10-8-6-7-9-11-20-14(18)12(2)3/h2,5-11H2,1,3-4H3,(H,16,19). The second kappa shape index (κ2) is 11.9. The summed E-state index contributed by atoms with van der Waals surface area (Å²) >= 11 is 0. The number of nitrogens with one attached hydrogen (secondary N) is 1. The average Bonchev–Trinajstić information content (AvgIpc) is 2.46. The van der Waals surface area contributed by atoms with Gasteiger partial charge in [0.2, 0.25) is 0 Å². The molecule has 6 heteroatoms. The van der Waals surface area contributed by atoms with Crippen LogP contribution in [0.3, 0.4) is 0 Å². The fraction of sp³-hybridized carbons (Fsp3) is 0.667. The summed E-state index contributed by atoms with van der Waals surface area (Å²) in [7, 11) is 0. The number of ether oxygens (including phenoxy) is 1. The van der Waals surface area contributed by atoms with Crippen molar-refractivity contribution in [1.29, 1.82) is 0 Å². The van der Waals surface area contributed by atoms with Crippen LogP contribution in [0.2, 0.25) is 0 Å². The molecule has 1 amide bonds. The lowest BCUT2D eigenvalue weighted by Gasteiger charge is -2.05. The molecular formula is C15H26N2O4. The summed E-state index contributed by atoms with van der Waals surface area (Å²) in [5.41, 5.74) is 1.19. The van der Waals surface area contributed by atoms with Crippen molar-refractivity contribution in [1.82, 2.24) is 5.32 Å². The fourth-order valence-corrected chi connectivity index (χ4v) is 1.28. The zero-order valence-corrected chi connectivity index (χ0v) is 13.2. The smallest absolute Gasteiger partial charge is 0.433 e. The van der Waals surface area contributed by atoms with Crippen LogP contribution in [0.25, 0.3) is 0 Å². The van der Waals surface area contributed by atoms with Crippen LogP contribution >= 0.6 is 0 Å². The first-order valence-electron chi connectivity index (χ1n) is 7.28. The normalized spacial score (nSPS) is 10.9. The van der Waals surface area contributed by atoms with Crippen molar-refractivity contribution >= 4 is 17.8 Å². The molecule has 0 unspecified atom stereocenters. The molecule has 120 valence electrons. The van der Waals surface area contributed by atoms with E-state index in [1.807, 2.05) is 6.92 Å². The van der Waals surface area contributed by atoms with Crippen LogP contribution in [0.1, 0.15) is 52.9 Å². The van der Waals surface area contributed by atoms with E-state index < -0.39 is 6.09 Å². The van der Waals surface area contributed by atoms with E-state index in [9.17, 15) is 9.59 Å². The Hall–Kier alpha value is -1.85. The molecule has 0 aromatic rings. The monoisotopic (exact) mass is 298 g/mol. The summed E-state index contributed by atoms with van der Waals surface area (Å²) in [6.45, 7) is 9.82. The van der Waals surface area contributed by atoms with E-state index in [-0.39, 0.29) is 5.97 Å². The summed E-state index contributed by atoms with van der Waals surface area (Å²) < 4.78 is 4.97. The van der Waals surface area contributed by atoms with E-state index >= 15 is 0 Å². The van der Waals surface area contributed by atoms with Gasteiger partial charge in [-0.15, -0.1) is 0 Å². The maximum absolute atomic E-state index is 11.2. The minimum atomic E-state index is -0.529. The van der Waals surface area contributed by atoms with E-state index in [1.165, 1.54) is 0 Å². The second-order valence-electron chi connectivity index (χ2n) is 4.82. The molecule has 0 heterocycles. The quantitative estimate of drug-likeness (QED) is 0.168. The van der Waals surface area contributed by atoms with E-state index in [4.69, 9.17) is 4.74 Å². The zero-order valence-electron chi connectivity index (χ0n) is 13.2. The number of esters is 1. The van der Waals surface area contributed by atoms with Crippen LogP contribution in [0.4, 0.5) is 4.79 Å². The van der Waals surface area contributed by atoms with Crippen molar-refractivity contribution in [2.45, 2.75) is 52.9 Å². The summed E-state index contributed by atoms with van der Waals surface area (Å²) in [4.78, 5) is 27.0. The summed E-state index contributed by atoms with van der Waals surface area (Å²) in [5, 5.41) is 6.28. The molecule has 0 saturated carbocycles. The van der Waals surface area contributed by atoms with Gasteiger partial charge in [-0.3, -0.25) is 4.84 Å². The van der Waals surface area contributed by atoms with Gasteiger partial charge in [0.1, 0.15) is 0 Å². The number of carbonyl (C=O) groups excluding carboxylic acids is 2. The third-order valence-corrected chi connectivity index (χ3v) is 2.72. The molecule has 1 N–H and O–H groups in total. The number of hydrogen-bond donors (Lipinski definition) is 1. The number of rotatable bonds is 10. The Bertz CT molecular complexity index is 378. The van der Waals surface area contributed by atoms with Crippen molar-refractivity contribution in [3.8, 4) is 0 Å². The Kier molecular flexibility index (Phi) is 10.9. The third kappa shape index (κ3) is 11.7. The van der Waals surface area contributed by atoms with E-state index in [0.29, 0.717) is 18.7 Å². The fourth-order valence-electron chi connectivity index (χ4n) is 1.28. The van der Waals surface area contributed by atoms with Gasteiger partial charge in [-0.25, -0.2) is 9.59 Å². The third-order valence-electron chi connectivity index (χ3n) is 2.72. The Balaban J connectivity index is 3.42. The number of unbranched alkanes of at least 4 members (excludes halogenated alkanes) is 3. The van der Waals surface area contributed by atoms with Crippen LogP contribution in [-0.4, -0.2) is 30.9 Å². The molecule has 0 radical (unpaired) electrons. The first-order chi connectivity index (χ1) is 9.97. The first-order valence-corrected chi connectivity index (χ1v) is 7.28. The summed E-state index contributed by atoms with van der Waals surface area (Å²) in [6, 6.07) is 0. The van der Waals surface area contributed by atoms with E-state index in [0.717, 1.165) is 37.8 Å². The first kappa shape index (κ1) is 19.1. The predicted molar refractivity (Wildman–Crippen MR) is 82.1 cm³/mol. The Morgan fingerprint density at radius 3 is 2.43 bits per heavy atom. The maximum Gasteiger partial charge on any atom is 0.433 e. The van der Waals surface area contributed by atoms with Crippen LogP contribution in [0.15, 0.2) is 17.3 Å². The molecule has 0 fully saturated rings. The molecule has 0 spiro atoms. The van der Waals surface area contributed by atoms with Crippen LogP contribution in [-0.2, 0) is 14.4 Å². The Morgan fingerprint density at radius 1 is 1.14 bits per heavy atom. The maximum atomic E-state index is 11.2. The molecule has 0 aromatic heterocycles. The minimum Gasteiger partial charge on any atom is -0.462 e. The molecule has 21 heavy (non-hydrogen) atoms. The second-order valence-corrected chi connectivity index (χ2v) is 4.82. The van der Waals surface area contributed by atoms with Crippen molar-refractivity contribution in [2.75, 3.05) is 13.2 Å². The Morgan fingerprint density at radius 2 is 1.81 bits per heavy atom. The lowest BCUT2D eigenvalue weighted by atomic mass is 10.2. The average molecular weight is 298 g/mol. The van der Waals surface area contributed by atoms with Gasteiger partial charge in [0, 0.05) is 12.1 Å². The van der Waals surface area contributed by atoms with Crippen LogP contribution in [0.5, 0.6) is 0 Å². The van der Waals surface area contributed by atoms with Crippen molar-refractivity contribution < 1.29 is 19.2 Å². The summed E-state index contributed by atoms with van der Waals surface area (Å²) in [6.07, 6.45) is 3.76. The SMILES string of the molecule is C=C(C)C(=O)OCCCCCCNC(=O)ON=C(C)CC. The van der Waals surface area contributed by atoms with Gasteiger partial charge >= 0.3 is 12.1 Å². The molecule has 0 aromatic carbocycles. The highest BCUT2D eigenvalue weighted by atomic mass is 16.7. The number of amides is 1. The highest BCUT2D eigenvalue weighted by Gasteiger charge is 2.02. The lowest BCUT2D eigenvalue weighted by Crippen LogP contribution is -2.24. The Labute approximate surface area is 126 Å². The minimum absolute atomic E-state index is 0.345. The van der Waals surface area contributed by atoms with Crippen LogP contribution < -0.4 is 5.32 Å². The number of oxime groups is 1. The molecule has 0 atom stereocenters. The van der Waals surface area contributed by atoms with Gasteiger partial charge in [0.05, 0.1) is 12.3 Å². The van der Waals surface area contributed by atoms with E-state index in [1.54, 1.807) is 13.8 Å². The molecule has 0 aliphatic rings. The van der Waals surface area contributed by atoms with Gasteiger partial charge in [-0.1, -0.05) is 25.1 Å². The van der Waals surface area contributed by atoms with Crippen molar-refractivity contribution in [3.05, 3.63) is 12.2 Å². The lowest BCUT2D eigenvalue weighted by molar-refractivity contribution is -0.139. The van der Waals surface area contributed by atoms with Crippen molar-refractivity contribution in [2.24, 2.45) is 5.16 Å².